The first-order valence-corrected chi connectivity index (χ1v) is 6.06. The van der Waals surface area contributed by atoms with Crippen molar-refractivity contribution in [2.45, 2.75) is 17.1 Å². The van der Waals surface area contributed by atoms with Crippen molar-refractivity contribution >= 4 is 11.8 Å². The Kier molecular flexibility index (Phi) is 3.48. The number of pyridine rings is 1. The molecule has 0 unspecified atom stereocenters. The van der Waals surface area contributed by atoms with Crippen LogP contribution in [0.1, 0.15) is 11.3 Å². The minimum absolute atomic E-state index is 0.263. The number of rotatable bonds is 2. The van der Waals surface area contributed by atoms with Gasteiger partial charge in [0.15, 0.2) is 5.16 Å². The summed E-state index contributed by atoms with van der Waals surface area (Å²) in [4.78, 5) is 30.2. The first kappa shape index (κ1) is 13.0. The Morgan fingerprint density at radius 1 is 1.37 bits per heavy atom. The molecule has 96 valence electrons. The minimum atomic E-state index is -0.869. The normalized spacial score (nSPS) is 10.2. The van der Waals surface area contributed by atoms with Crippen LogP contribution >= 0.6 is 11.8 Å². The van der Waals surface area contributed by atoms with Gasteiger partial charge >= 0.3 is 11.1 Å². The Labute approximate surface area is 111 Å². The summed E-state index contributed by atoms with van der Waals surface area (Å²) in [5.41, 5.74) is -0.525. The van der Waals surface area contributed by atoms with Crippen LogP contribution in [0.25, 0.3) is 0 Å². The quantitative estimate of drug-likeness (QED) is 0.785. The molecule has 0 aliphatic carbocycles. The molecule has 1 N–H and O–H groups in total. The smallest absolute Gasteiger partial charge is 0.265 e. The molecule has 8 heteroatoms. The highest BCUT2D eigenvalue weighted by Crippen LogP contribution is 2.25. The zero-order valence-corrected chi connectivity index (χ0v) is 11.0. The molecule has 0 spiro atoms. The van der Waals surface area contributed by atoms with Gasteiger partial charge in [0.1, 0.15) is 11.1 Å². The van der Waals surface area contributed by atoms with Gasteiger partial charge in [-0.25, -0.2) is 4.98 Å². The summed E-state index contributed by atoms with van der Waals surface area (Å²) >= 11 is 1.05. The molecule has 0 amide bonds. The highest BCUT2D eigenvalue weighted by molar-refractivity contribution is 7.99. The fraction of sp³-hybridized carbons (Fsp3) is 0.182. The van der Waals surface area contributed by atoms with E-state index in [1.165, 1.54) is 4.68 Å². The van der Waals surface area contributed by atoms with E-state index in [4.69, 9.17) is 5.26 Å². The molecular weight excluding hydrogens is 266 g/mol. The Balaban J connectivity index is 2.50. The summed E-state index contributed by atoms with van der Waals surface area (Å²) in [6.07, 6.45) is 0. The zero-order valence-electron chi connectivity index (χ0n) is 10.2. The maximum absolute atomic E-state index is 11.2. The highest BCUT2D eigenvalue weighted by atomic mass is 32.2. The molecule has 2 aromatic rings. The van der Waals surface area contributed by atoms with Gasteiger partial charge in [-0.15, -0.1) is 0 Å². The predicted molar refractivity (Wildman–Crippen MR) is 67.9 cm³/mol. The van der Waals surface area contributed by atoms with E-state index in [2.05, 4.69) is 15.1 Å². The van der Waals surface area contributed by atoms with Crippen LogP contribution < -0.4 is 11.1 Å². The number of aromatic nitrogens is 4. The molecular formula is C11H9N5O2S. The molecule has 0 fully saturated rings. The van der Waals surface area contributed by atoms with Crippen molar-refractivity contribution in [2.24, 2.45) is 7.05 Å². The number of nitriles is 1. The van der Waals surface area contributed by atoms with Crippen LogP contribution in [0.15, 0.2) is 31.9 Å². The van der Waals surface area contributed by atoms with Crippen molar-refractivity contribution in [2.75, 3.05) is 0 Å². The summed E-state index contributed by atoms with van der Waals surface area (Å²) in [5, 5.41) is 12.0. The van der Waals surface area contributed by atoms with Crippen molar-refractivity contribution in [1.82, 2.24) is 19.7 Å². The van der Waals surface area contributed by atoms with Gasteiger partial charge in [0.05, 0.1) is 5.56 Å². The van der Waals surface area contributed by atoms with Crippen molar-refractivity contribution in [3.8, 4) is 6.07 Å². The lowest BCUT2D eigenvalue weighted by molar-refractivity contribution is 0.596. The first-order chi connectivity index (χ1) is 9.01. The number of H-pyrrole nitrogens is 1. The highest BCUT2D eigenvalue weighted by Gasteiger charge is 2.11. The average Bonchev–Trinajstić information content (AvgIpc) is 2.36. The number of hydrogen-bond donors (Lipinski definition) is 1. The zero-order chi connectivity index (χ0) is 14.0. The number of nitrogens with one attached hydrogen (secondary N) is 1. The van der Waals surface area contributed by atoms with Gasteiger partial charge < -0.3 is 0 Å². The minimum Gasteiger partial charge on any atom is -0.265 e. The molecule has 2 heterocycles. The van der Waals surface area contributed by atoms with E-state index in [9.17, 15) is 9.59 Å². The van der Waals surface area contributed by atoms with Gasteiger partial charge in [-0.3, -0.25) is 19.4 Å². The van der Waals surface area contributed by atoms with Crippen LogP contribution in [0, 0.1) is 18.3 Å². The average molecular weight is 275 g/mol. The molecule has 2 aromatic heterocycles. The van der Waals surface area contributed by atoms with E-state index in [1.807, 2.05) is 6.07 Å². The molecule has 2 rings (SSSR count). The first-order valence-electron chi connectivity index (χ1n) is 5.24. The molecule has 0 bridgehead atoms. The lowest BCUT2D eigenvalue weighted by Crippen LogP contribution is -2.33. The molecule has 19 heavy (non-hydrogen) atoms. The summed E-state index contributed by atoms with van der Waals surface area (Å²) < 4.78 is 1.32. The van der Waals surface area contributed by atoms with E-state index in [-0.39, 0.29) is 5.16 Å². The van der Waals surface area contributed by atoms with Crippen LogP contribution in [-0.4, -0.2) is 19.7 Å². The molecule has 0 radical (unpaired) electrons. The second-order valence-electron chi connectivity index (χ2n) is 3.72. The van der Waals surface area contributed by atoms with Crippen LogP contribution in [0.3, 0.4) is 0 Å². The monoisotopic (exact) mass is 275 g/mol. The van der Waals surface area contributed by atoms with Crippen LogP contribution in [0.4, 0.5) is 0 Å². The summed E-state index contributed by atoms with van der Waals surface area (Å²) in [5.74, 6) is 0. The van der Waals surface area contributed by atoms with Crippen LogP contribution in [0.2, 0.25) is 0 Å². The maximum Gasteiger partial charge on any atom is 0.339 e. The number of nitrogens with zero attached hydrogens (tertiary/aromatic N) is 4. The third-order valence-corrected chi connectivity index (χ3v) is 3.31. The summed E-state index contributed by atoms with van der Waals surface area (Å²) in [6, 6.07) is 5.39. The Morgan fingerprint density at radius 2 is 2.11 bits per heavy atom. The summed E-state index contributed by atoms with van der Waals surface area (Å²) in [6.45, 7) is 1.80. The molecule has 0 aliphatic heterocycles. The van der Waals surface area contributed by atoms with Gasteiger partial charge in [0.25, 0.3) is 0 Å². The Morgan fingerprint density at radius 3 is 2.79 bits per heavy atom. The van der Waals surface area contributed by atoms with Gasteiger partial charge in [0.2, 0.25) is 0 Å². The Hall–Kier alpha value is -2.40. The second-order valence-corrected chi connectivity index (χ2v) is 4.67. The number of aryl methyl sites for hydroxylation is 2. The number of hydrogen-bond acceptors (Lipinski definition) is 6. The molecule has 0 aliphatic rings. The van der Waals surface area contributed by atoms with Gasteiger partial charge in [0, 0.05) is 12.7 Å². The molecule has 7 nitrogen and oxygen atoms in total. The van der Waals surface area contributed by atoms with Gasteiger partial charge in [-0.05, 0) is 30.8 Å². The summed E-state index contributed by atoms with van der Waals surface area (Å²) in [7, 11) is 1.55. The van der Waals surface area contributed by atoms with Crippen LogP contribution in [0.5, 0.6) is 0 Å². The lowest BCUT2D eigenvalue weighted by Gasteiger charge is -2.06. The second kappa shape index (κ2) is 5.07. The third-order valence-electron chi connectivity index (χ3n) is 2.26. The van der Waals surface area contributed by atoms with Crippen molar-refractivity contribution < 1.29 is 0 Å². The van der Waals surface area contributed by atoms with E-state index < -0.39 is 11.1 Å². The fourth-order valence-electron chi connectivity index (χ4n) is 1.33. The van der Waals surface area contributed by atoms with E-state index in [0.717, 1.165) is 17.5 Å². The maximum atomic E-state index is 11.2. The van der Waals surface area contributed by atoms with Crippen molar-refractivity contribution in [3.05, 3.63) is 44.1 Å². The largest absolute Gasteiger partial charge is 0.339 e. The lowest BCUT2D eigenvalue weighted by atomic mass is 10.3. The molecule has 0 aromatic carbocycles. The predicted octanol–water partition coefficient (Wildman–Crippen LogP) is 0.195. The van der Waals surface area contributed by atoms with E-state index in [0.29, 0.717) is 10.6 Å². The fourth-order valence-corrected chi connectivity index (χ4v) is 2.23. The Bertz CT molecular complexity index is 787. The van der Waals surface area contributed by atoms with Crippen molar-refractivity contribution in [1.29, 1.82) is 5.26 Å². The van der Waals surface area contributed by atoms with Crippen LogP contribution in [-0.2, 0) is 7.05 Å². The van der Waals surface area contributed by atoms with Gasteiger partial charge in [-0.1, -0.05) is 0 Å². The topological polar surface area (TPSA) is 104 Å². The molecule has 0 saturated heterocycles. The molecule has 0 atom stereocenters. The SMILES string of the molecule is Cc1ccc(C#N)c(Sc2nc(=O)c(=O)[nH]n2C)n1. The van der Waals surface area contributed by atoms with Gasteiger partial charge in [-0.2, -0.15) is 10.2 Å². The van der Waals surface area contributed by atoms with Crippen molar-refractivity contribution in [3.63, 3.8) is 0 Å². The standard InChI is InChI=1S/C11H9N5O2S/c1-6-3-4-7(5-12)10(13-6)19-11-14-8(17)9(18)15-16(11)2/h3-4H,1-2H3,(H,15,18). The van der Waals surface area contributed by atoms with E-state index >= 15 is 0 Å². The third kappa shape index (κ3) is 2.71. The number of aromatic amines is 1. The molecule has 0 saturated carbocycles. The van der Waals surface area contributed by atoms with E-state index in [1.54, 1.807) is 26.1 Å².